The van der Waals surface area contributed by atoms with Gasteiger partial charge in [0.25, 0.3) is 0 Å². The molecule has 1 atom stereocenters. The van der Waals surface area contributed by atoms with Crippen molar-refractivity contribution in [2.75, 3.05) is 24.5 Å². The summed E-state index contributed by atoms with van der Waals surface area (Å²) < 4.78 is 13.7. The Morgan fingerprint density at radius 2 is 1.85 bits per heavy atom. The molecule has 170 valence electrons. The summed E-state index contributed by atoms with van der Waals surface area (Å²) in [6, 6.07) is 17.0. The van der Waals surface area contributed by atoms with E-state index in [9.17, 15) is 9.18 Å². The molecule has 0 N–H and O–H groups in total. The Hall–Kier alpha value is -3.12. The van der Waals surface area contributed by atoms with Crippen molar-refractivity contribution < 1.29 is 9.18 Å². The Bertz CT molecular complexity index is 1150. The molecule has 1 saturated heterocycles. The smallest absolute Gasteiger partial charge is 0.228 e. The SMILES string of the molecule is Cc1nc([C@H]2CCN(CCc3ccccc3)C2)nc2c1CCC(=O)N2Cc1cccc(F)c1. The van der Waals surface area contributed by atoms with E-state index in [2.05, 4.69) is 29.2 Å². The molecule has 3 aromatic rings. The predicted octanol–water partition coefficient (Wildman–Crippen LogP) is 4.44. The number of fused-ring (bicyclic) bond motifs is 1. The van der Waals surface area contributed by atoms with E-state index in [-0.39, 0.29) is 17.6 Å². The number of likely N-dealkylation sites (tertiary alicyclic amines) is 1. The molecule has 2 aliphatic rings. The standard InChI is InChI=1S/C27H29FN4O/c1-19-24-10-11-25(33)32(17-21-8-5-9-23(28)16-21)27(24)30-26(29-19)22-13-15-31(18-22)14-12-20-6-3-2-4-7-20/h2-9,16,22H,10-15,17-18H2,1H3/t22-/m0/s1. The molecule has 0 aliphatic carbocycles. The fourth-order valence-corrected chi connectivity index (χ4v) is 4.94. The quantitative estimate of drug-likeness (QED) is 0.564. The zero-order valence-electron chi connectivity index (χ0n) is 19.0. The van der Waals surface area contributed by atoms with Gasteiger partial charge in [-0.1, -0.05) is 42.5 Å². The number of carbonyl (C=O) groups excluding carboxylic acids is 1. The van der Waals surface area contributed by atoms with Gasteiger partial charge >= 0.3 is 0 Å². The summed E-state index contributed by atoms with van der Waals surface area (Å²) in [7, 11) is 0. The highest BCUT2D eigenvalue weighted by Gasteiger charge is 2.31. The van der Waals surface area contributed by atoms with Crippen molar-refractivity contribution >= 4 is 11.7 Å². The summed E-state index contributed by atoms with van der Waals surface area (Å²) in [6.45, 7) is 5.33. The van der Waals surface area contributed by atoms with Crippen molar-refractivity contribution in [2.45, 2.75) is 45.1 Å². The van der Waals surface area contributed by atoms with Crippen LogP contribution in [0.1, 0.15) is 47.0 Å². The Morgan fingerprint density at radius 3 is 2.67 bits per heavy atom. The van der Waals surface area contributed by atoms with Gasteiger partial charge in [0.1, 0.15) is 17.5 Å². The van der Waals surface area contributed by atoms with Crippen molar-refractivity contribution in [2.24, 2.45) is 0 Å². The minimum atomic E-state index is -0.293. The van der Waals surface area contributed by atoms with Crippen LogP contribution in [0, 0.1) is 12.7 Å². The third kappa shape index (κ3) is 4.81. The molecule has 1 fully saturated rings. The lowest BCUT2D eigenvalue weighted by Crippen LogP contribution is -2.36. The molecule has 2 aliphatic heterocycles. The van der Waals surface area contributed by atoms with Gasteiger partial charge in [-0.2, -0.15) is 0 Å². The summed E-state index contributed by atoms with van der Waals surface area (Å²) in [5, 5.41) is 0. The summed E-state index contributed by atoms with van der Waals surface area (Å²) in [4.78, 5) is 26.8. The molecule has 6 heteroatoms. The Morgan fingerprint density at radius 1 is 1.03 bits per heavy atom. The molecule has 5 rings (SSSR count). The Labute approximate surface area is 194 Å². The lowest BCUT2D eigenvalue weighted by atomic mass is 10.0. The average molecular weight is 445 g/mol. The monoisotopic (exact) mass is 444 g/mol. The number of aryl methyl sites for hydroxylation is 1. The van der Waals surface area contributed by atoms with Gasteiger partial charge in [-0.15, -0.1) is 0 Å². The topological polar surface area (TPSA) is 49.3 Å². The molecule has 1 aromatic heterocycles. The van der Waals surface area contributed by atoms with Gasteiger partial charge in [0.15, 0.2) is 0 Å². The molecular formula is C27H29FN4O. The maximum atomic E-state index is 13.7. The molecule has 3 heterocycles. The number of benzene rings is 2. The third-order valence-corrected chi connectivity index (χ3v) is 6.78. The Kier molecular flexibility index (Phi) is 6.18. The summed E-state index contributed by atoms with van der Waals surface area (Å²) >= 11 is 0. The highest BCUT2D eigenvalue weighted by molar-refractivity contribution is 5.95. The number of nitrogens with zero attached hydrogens (tertiary/aromatic N) is 4. The second kappa shape index (κ2) is 9.40. The van der Waals surface area contributed by atoms with E-state index in [1.807, 2.05) is 19.1 Å². The van der Waals surface area contributed by atoms with Gasteiger partial charge < -0.3 is 4.90 Å². The fraction of sp³-hybridized carbons (Fsp3) is 0.370. The van der Waals surface area contributed by atoms with Gasteiger partial charge in [0, 0.05) is 36.7 Å². The average Bonchev–Trinajstić information content (AvgIpc) is 3.29. The van der Waals surface area contributed by atoms with Crippen LogP contribution in [0.5, 0.6) is 0 Å². The maximum absolute atomic E-state index is 13.7. The van der Waals surface area contributed by atoms with Crippen molar-refractivity contribution in [1.82, 2.24) is 14.9 Å². The number of aromatic nitrogens is 2. The lowest BCUT2D eigenvalue weighted by molar-refractivity contribution is -0.119. The van der Waals surface area contributed by atoms with E-state index in [0.717, 1.165) is 55.1 Å². The molecule has 0 radical (unpaired) electrons. The zero-order valence-corrected chi connectivity index (χ0v) is 19.0. The van der Waals surface area contributed by atoms with Crippen LogP contribution in [0.15, 0.2) is 54.6 Å². The molecule has 0 spiro atoms. The van der Waals surface area contributed by atoms with Crippen molar-refractivity contribution in [3.8, 4) is 0 Å². The highest BCUT2D eigenvalue weighted by atomic mass is 19.1. The number of anilines is 1. The van der Waals surface area contributed by atoms with E-state index in [1.54, 1.807) is 11.0 Å². The molecule has 33 heavy (non-hydrogen) atoms. The highest BCUT2D eigenvalue weighted by Crippen LogP contribution is 2.33. The number of rotatable bonds is 6. The van der Waals surface area contributed by atoms with E-state index in [0.29, 0.717) is 25.2 Å². The van der Waals surface area contributed by atoms with Crippen molar-refractivity contribution in [1.29, 1.82) is 0 Å². The molecule has 1 amide bonds. The fourth-order valence-electron chi connectivity index (χ4n) is 4.94. The van der Waals surface area contributed by atoms with Crippen LogP contribution in [0.3, 0.4) is 0 Å². The largest absolute Gasteiger partial charge is 0.302 e. The predicted molar refractivity (Wildman–Crippen MR) is 127 cm³/mol. The molecule has 2 aromatic carbocycles. The van der Waals surface area contributed by atoms with E-state index < -0.39 is 0 Å². The molecular weight excluding hydrogens is 415 g/mol. The molecule has 0 unspecified atom stereocenters. The summed E-state index contributed by atoms with van der Waals surface area (Å²) in [5.74, 6) is 1.54. The van der Waals surface area contributed by atoms with E-state index in [4.69, 9.17) is 9.97 Å². The molecule has 5 nitrogen and oxygen atoms in total. The third-order valence-electron chi connectivity index (χ3n) is 6.78. The zero-order chi connectivity index (χ0) is 22.8. The first-order valence-corrected chi connectivity index (χ1v) is 11.8. The second-order valence-electron chi connectivity index (χ2n) is 9.10. The number of halogens is 1. The van der Waals surface area contributed by atoms with Crippen LogP contribution in [0.25, 0.3) is 0 Å². The van der Waals surface area contributed by atoms with Crippen LogP contribution >= 0.6 is 0 Å². The van der Waals surface area contributed by atoms with E-state index >= 15 is 0 Å². The van der Waals surface area contributed by atoms with Crippen LogP contribution in [0.4, 0.5) is 10.2 Å². The van der Waals surface area contributed by atoms with Crippen LogP contribution in [-0.2, 0) is 24.2 Å². The van der Waals surface area contributed by atoms with Gasteiger partial charge in [0.05, 0.1) is 6.54 Å². The summed E-state index contributed by atoms with van der Waals surface area (Å²) in [6.07, 6.45) is 3.15. The van der Waals surface area contributed by atoms with E-state index in [1.165, 1.54) is 17.7 Å². The molecule has 0 saturated carbocycles. The normalized spacial score (nSPS) is 18.5. The number of hydrogen-bond acceptors (Lipinski definition) is 4. The minimum absolute atomic E-state index is 0.0340. The first kappa shape index (κ1) is 21.7. The van der Waals surface area contributed by atoms with Gasteiger partial charge in [-0.25, -0.2) is 14.4 Å². The second-order valence-corrected chi connectivity index (χ2v) is 9.10. The molecule has 0 bridgehead atoms. The lowest BCUT2D eigenvalue weighted by Gasteiger charge is -2.30. The summed E-state index contributed by atoms with van der Waals surface area (Å²) in [5.41, 5.74) is 4.11. The minimum Gasteiger partial charge on any atom is -0.302 e. The Balaban J connectivity index is 1.34. The van der Waals surface area contributed by atoms with Gasteiger partial charge in [0.2, 0.25) is 5.91 Å². The van der Waals surface area contributed by atoms with Crippen molar-refractivity contribution in [3.63, 3.8) is 0 Å². The van der Waals surface area contributed by atoms with Gasteiger partial charge in [-0.05, 0) is 56.0 Å². The number of carbonyl (C=O) groups is 1. The number of amides is 1. The van der Waals surface area contributed by atoms with Crippen LogP contribution < -0.4 is 4.90 Å². The maximum Gasteiger partial charge on any atom is 0.228 e. The van der Waals surface area contributed by atoms with Crippen molar-refractivity contribution in [3.05, 3.63) is 88.6 Å². The van der Waals surface area contributed by atoms with Crippen LogP contribution in [-0.4, -0.2) is 40.4 Å². The van der Waals surface area contributed by atoms with Crippen LogP contribution in [0.2, 0.25) is 0 Å². The first-order chi connectivity index (χ1) is 16.1. The van der Waals surface area contributed by atoms with Gasteiger partial charge in [-0.3, -0.25) is 9.69 Å². The first-order valence-electron chi connectivity index (χ1n) is 11.8. The number of hydrogen-bond donors (Lipinski definition) is 0.